The van der Waals surface area contributed by atoms with Crippen LogP contribution in [0.5, 0.6) is 0 Å². The lowest BCUT2D eigenvalue weighted by Crippen LogP contribution is -2.44. The normalized spacial score (nSPS) is 23.4. The third-order valence-corrected chi connectivity index (χ3v) is 8.75. The van der Waals surface area contributed by atoms with E-state index >= 15 is 0 Å². The van der Waals surface area contributed by atoms with Gasteiger partial charge in [0.15, 0.2) is 0 Å². The summed E-state index contributed by atoms with van der Waals surface area (Å²) >= 11 is 0. The highest BCUT2D eigenvalue weighted by molar-refractivity contribution is 5.58. The minimum absolute atomic E-state index is 0.176. The lowest BCUT2D eigenvalue weighted by Gasteiger charge is -2.46. The average Bonchev–Trinajstić information content (AvgIpc) is 3.48. The number of alkyl halides is 3. The second-order valence-corrected chi connectivity index (χ2v) is 11.8. The Balaban J connectivity index is 1.43. The molecule has 0 bridgehead atoms. The van der Waals surface area contributed by atoms with Gasteiger partial charge >= 0.3 is 11.9 Å². The van der Waals surface area contributed by atoms with E-state index < -0.39 is 22.8 Å². The molecular weight excluding hydrogens is 531 g/mol. The predicted molar refractivity (Wildman–Crippen MR) is 146 cm³/mol. The van der Waals surface area contributed by atoms with E-state index in [0.717, 1.165) is 41.7 Å². The molecule has 2 aliphatic rings. The van der Waals surface area contributed by atoms with Gasteiger partial charge in [-0.25, -0.2) is 4.79 Å². The molecule has 0 N–H and O–H groups in total. The van der Waals surface area contributed by atoms with Crippen molar-refractivity contribution in [2.45, 2.75) is 57.2 Å². The van der Waals surface area contributed by atoms with Gasteiger partial charge in [0.2, 0.25) is 0 Å². The second kappa shape index (κ2) is 10.2. The van der Waals surface area contributed by atoms with Crippen LogP contribution >= 0.6 is 0 Å². The van der Waals surface area contributed by atoms with Gasteiger partial charge in [-0.15, -0.1) is 10.2 Å². The zero-order valence-corrected chi connectivity index (χ0v) is 23.1. The fourth-order valence-electron chi connectivity index (χ4n) is 6.85. The van der Waals surface area contributed by atoms with Crippen LogP contribution < -0.4 is 5.69 Å². The molecule has 4 aromatic rings. The van der Waals surface area contributed by atoms with E-state index in [-0.39, 0.29) is 11.4 Å². The Morgan fingerprint density at radius 2 is 2.00 bits per heavy atom. The molecule has 0 unspecified atom stereocenters. The molecule has 1 atom stereocenters. The zero-order chi connectivity index (χ0) is 28.9. The number of pyridine rings is 1. The maximum atomic E-state index is 14.3. The van der Waals surface area contributed by atoms with Gasteiger partial charge in [-0.1, -0.05) is 19.1 Å². The van der Waals surface area contributed by atoms with Crippen LogP contribution in [0.3, 0.4) is 0 Å². The van der Waals surface area contributed by atoms with Crippen LogP contribution in [0.2, 0.25) is 0 Å². The van der Waals surface area contributed by atoms with Gasteiger partial charge in [0, 0.05) is 39.0 Å². The Morgan fingerprint density at radius 3 is 2.68 bits per heavy atom. The van der Waals surface area contributed by atoms with Crippen molar-refractivity contribution in [3.05, 3.63) is 82.1 Å². The Hall–Kier alpha value is -3.91. The SMILES string of the molecule is C[C@H]1CCCN(Cc2cc(C(F)(F)F)c3cn(-c4cccc([C@]5(c6nncn6C)C[C@H](CC#N)C5)c4)c(=O)n3c2)C1. The summed E-state index contributed by atoms with van der Waals surface area (Å²) in [5, 5.41) is 17.6. The molecule has 41 heavy (non-hydrogen) atoms. The lowest BCUT2D eigenvalue weighted by atomic mass is 9.57. The van der Waals surface area contributed by atoms with Crippen molar-refractivity contribution in [1.29, 1.82) is 5.26 Å². The Bertz CT molecular complexity index is 1690. The number of nitrogens with zero attached hydrogens (tertiary/aromatic N) is 7. The summed E-state index contributed by atoms with van der Waals surface area (Å²) in [7, 11) is 1.87. The molecule has 0 spiro atoms. The van der Waals surface area contributed by atoms with Crippen molar-refractivity contribution < 1.29 is 13.2 Å². The van der Waals surface area contributed by atoms with E-state index in [1.807, 2.05) is 29.8 Å². The summed E-state index contributed by atoms with van der Waals surface area (Å²) in [4.78, 5) is 15.8. The first-order valence-corrected chi connectivity index (χ1v) is 14.0. The number of rotatable bonds is 6. The number of hydrogen-bond acceptors (Lipinski definition) is 5. The van der Waals surface area contributed by atoms with Crippen LogP contribution in [0.1, 0.15) is 61.5 Å². The second-order valence-electron chi connectivity index (χ2n) is 11.8. The van der Waals surface area contributed by atoms with Gasteiger partial charge in [-0.05, 0) is 73.4 Å². The molecule has 1 aliphatic carbocycles. The molecule has 1 aliphatic heterocycles. The van der Waals surface area contributed by atoms with Crippen molar-refractivity contribution in [1.82, 2.24) is 28.6 Å². The minimum atomic E-state index is -4.62. The largest absolute Gasteiger partial charge is 0.418 e. The Kier molecular flexibility index (Phi) is 6.77. The third kappa shape index (κ3) is 4.84. The van der Waals surface area contributed by atoms with Gasteiger partial charge in [0.1, 0.15) is 12.2 Å². The van der Waals surface area contributed by atoms with Crippen LogP contribution in [-0.4, -0.2) is 41.7 Å². The summed E-state index contributed by atoms with van der Waals surface area (Å²) in [5.74, 6) is 1.45. The first-order valence-electron chi connectivity index (χ1n) is 14.0. The monoisotopic (exact) mass is 563 g/mol. The van der Waals surface area contributed by atoms with Gasteiger partial charge in [0.25, 0.3) is 0 Å². The minimum Gasteiger partial charge on any atom is -0.320 e. The predicted octanol–water partition coefficient (Wildman–Crippen LogP) is 5.08. The van der Waals surface area contributed by atoms with E-state index in [0.29, 0.717) is 43.0 Å². The summed E-state index contributed by atoms with van der Waals surface area (Å²) < 4.78 is 47.1. The zero-order valence-electron chi connectivity index (χ0n) is 23.1. The molecule has 8 nitrogen and oxygen atoms in total. The molecule has 6 rings (SSSR count). The molecule has 0 amide bonds. The molecule has 1 saturated heterocycles. The molecule has 3 aromatic heterocycles. The smallest absolute Gasteiger partial charge is 0.320 e. The van der Waals surface area contributed by atoms with Crippen LogP contribution in [0.15, 0.2) is 53.8 Å². The van der Waals surface area contributed by atoms with Gasteiger partial charge in [0.05, 0.1) is 28.3 Å². The average molecular weight is 564 g/mol. The summed E-state index contributed by atoms with van der Waals surface area (Å²) in [6.45, 7) is 4.16. The molecular formula is C30H32F3N7O. The number of aryl methyl sites for hydroxylation is 1. The lowest BCUT2D eigenvalue weighted by molar-refractivity contribution is -0.136. The van der Waals surface area contributed by atoms with Crippen molar-refractivity contribution >= 4 is 5.52 Å². The molecule has 11 heteroatoms. The highest BCUT2D eigenvalue weighted by atomic mass is 19.4. The van der Waals surface area contributed by atoms with Crippen molar-refractivity contribution in [3.63, 3.8) is 0 Å². The first kappa shape index (κ1) is 27.3. The summed E-state index contributed by atoms with van der Waals surface area (Å²) in [6.07, 6.45) is 3.79. The topological polar surface area (TPSA) is 84.2 Å². The molecule has 1 aromatic carbocycles. The van der Waals surface area contributed by atoms with Gasteiger partial charge in [-0.2, -0.15) is 18.4 Å². The third-order valence-electron chi connectivity index (χ3n) is 8.75. The van der Waals surface area contributed by atoms with Crippen LogP contribution in [0.4, 0.5) is 13.2 Å². The number of likely N-dealkylation sites (tertiary alicyclic amines) is 1. The number of hydrogen-bond donors (Lipinski definition) is 0. The van der Waals surface area contributed by atoms with Crippen LogP contribution in [0, 0.1) is 23.2 Å². The van der Waals surface area contributed by atoms with E-state index in [9.17, 15) is 23.2 Å². The summed E-state index contributed by atoms with van der Waals surface area (Å²) in [6, 6.07) is 10.8. The standard InChI is InChI=1S/C30H32F3N7O/c1-20-5-4-10-38(15-20)16-22-11-25(30(31,32)33)26-18-39(28(41)40(26)17-22)24-7-3-6-23(12-24)29(13-21(14-29)8-9-34)27-36-35-19-37(27)2/h3,6-7,11-12,17-21H,4-5,8,10,13-16H2,1-2H3/t20-,21-,29-/m0/s1. The number of halogens is 3. The molecule has 214 valence electrons. The van der Waals surface area contributed by atoms with Crippen molar-refractivity contribution in [2.75, 3.05) is 13.1 Å². The number of aromatic nitrogens is 5. The molecule has 0 radical (unpaired) electrons. The highest BCUT2D eigenvalue weighted by Crippen LogP contribution is 2.53. The van der Waals surface area contributed by atoms with Crippen molar-refractivity contribution in [2.24, 2.45) is 18.9 Å². The van der Waals surface area contributed by atoms with E-state index in [1.165, 1.54) is 16.8 Å². The molecule has 1 saturated carbocycles. The van der Waals surface area contributed by atoms with Crippen LogP contribution in [0.25, 0.3) is 11.2 Å². The number of fused-ring (bicyclic) bond motifs is 1. The van der Waals surface area contributed by atoms with E-state index in [4.69, 9.17) is 0 Å². The van der Waals surface area contributed by atoms with Crippen molar-refractivity contribution in [3.8, 4) is 11.8 Å². The fraction of sp³-hybridized carbons (Fsp3) is 0.467. The van der Waals surface area contributed by atoms with E-state index in [1.54, 1.807) is 18.6 Å². The van der Waals surface area contributed by atoms with Gasteiger partial charge < -0.3 is 4.57 Å². The number of benzene rings is 1. The highest BCUT2D eigenvalue weighted by Gasteiger charge is 2.49. The fourth-order valence-corrected chi connectivity index (χ4v) is 6.85. The number of piperidine rings is 1. The molecule has 2 fully saturated rings. The summed E-state index contributed by atoms with van der Waals surface area (Å²) in [5.41, 5.74) is -0.224. The Morgan fingerprint density at radius 1 is 1.20 bits per heavy atom. The first-order chi connectivity index (χ1) is 19.6. The maximum Gasteiger partial charge on any atom is 0.418 e. The van der Waals surface area contributed by atoms with E-state index in [2.05, 4.69) is 28.1 Å². The quantitative estimate of drug-likeness (QED) is 0.327. The Labute approximate surface area is 235 Å². The van der Waals surface area contributed by atoms with Crippen LogP contribution in [-0.2, 0) is 25.2 Å². The molecule has 4 heterocycles. The maximum absolute atomic E-state index is 14.3. The van der Waals surface area contributed by atoms with Gasteiger partial charge in [-0.3, -0.25) is 13.9 Å². The number of imidazole rings is 1. The number of nitriles is 1.